The van der Waals surface area contributed by atoms with Crippen molar-refractivity contribution in [3.63, 3.8) is 0 Å². The Kier molecular flexibility index (Phi) is 5.13. The fraction of sp³-hybridized carbons (Fsp3) is 0.409. The molecule has 0 spiro atoms. The Morgan fingerprint density at radius 3 is 2.75 bits per heavy atom. The van der Waals surface area contributed by atoms with Gasteiger partial charge in [-0.25, -0.2) is 4.98 Å². The largest absolute Gasteiger partial charge is 0.335 e. The number of benzene rings is 1. The highest BCUT2D eigenvalue weighted by atomic mass is 16.5. The maximum absolute atomic E-state index is 13.6. The van der Waals surface area contributed by atoms with E-state index in [0.717, 1.165) is 43.7 Å². The Morgan fingerprint density at radius 1 is 1.29 bits per heavy atom. The lowest BCUT2D eigenvalue weighted by Gasteiger charge is -2.28. The van der Waals surface area contributed by atoms with Gasteiger partial charge in [0.05, 0.1) is 22.3 Å². The third-order valence-corrected chi connectivity index (χ3v) is 5.40. The maximum atomic E-state index is 13.6. The molecule has 1 atom stereocenters. The van der Waals surface area contributed by atoms with Gasteiger partial charge >= 0.3 is 0 Å². The Morgan fingerprint density at radius 2 is 2.07 bits per heavy atom. The van der Waals surface area contributed by atoms with Crippen LogP contribution in [0.5, 0.6) is 0 Å². The lowest BCUT2D eigenvalue weighted by atomic mass is 10.0. The summed E-state index contributed by atoms with van der Waals surface area (Å²) < 4.78 is 5.45. The predicted molar refractivity (Wildman–Crippen MR) is 109 cm³/mol. The van der Waals surface area contributed by atoms with E-state index in [1.54, 1.807) is 0 Å². The van der Waals surface area contributed by atoms with Crippen molar-refractivity contribution in [2.45, 2.75) is 39.7 Å². The van der Waals surface area contributed by atoms with Crippen molar-refractivity contribution in [2.24, 2.45) is 0 Å². The van der Waals surface area contributed by atoms with E-state index in [1.807, 2.05) is 49.1 Å². The van der Waals surface area contributed by atoms with Crippen LogP contribution in [0.1, 0.15) is 41.4 Å². The number of hydrogen-bond acceptors (Lipinski definition) is 5. The molecule has 1 saturated heterocycles. The zero-order chi connectivity index (χ0) is 19.7. The van der Waals surface area contributed by atoms with Gasteiger partial charge in [0.25, 0.3) is 11.6 Å². The second kappa shape index (κ2) is 7.72. The van der Waals surface area contributed by atoms with Gasteiger partial charge in [0.1, 0.15) is 0 Å². The lowest BCUT2D eigenvalue weighted by molar-refractivity contribution is 0.0694. The van der Waals surface area contributed by atoms with Gasteiger partial charge in [-0.2, -0.15) is 0 Å². The van der Waals surface area contributed by atoms with Crippen molar-refractivity contribution in [1.82, 2.24) is 20.4 Å². The van der Waals surface area contributed by atoms with Crippen LogP contribution in [0, 0.1) is 13.8 Å². The number of nitrogens with one attached hydrogen (secondary N) is 1. The number of rotatable bonds is 5. The van der Waals surface area contributed by atoms with Crippen molar-refractivity contribution in [2.75, 3.05) is 19.6 Å². The summed E-state index contributed by atoms with van der Waals surface area (Å²) in [4.78, 5) is 20.3. The minimum absolute atomic E-state index is 0.0302. The SMILES string of the molecule is CCCN(C(=O)c1cc(-c2ccc(C)cc2)nc2onc(C)c12)C1CCNC1. The number of hydrogen-bond donors (Lipinski definition) is 1. The summed E-state index contributed by atoms with van der Waals surface area (Å²) in [6, 6.07) is 10.2. The zero-order valence-corrected chi connectivity index (χ0v) is 16.7. The maximum Gasteiger partial charge on any atom is 0.259 e. The Labute approximate surface area is 164 Å². The molecule has 0 saturated carbocycles. The molecule has 146 valence electrons. The molecule has 0 aliphatic carbocycles. The average molecular weight is 378 g/mol. The van der Waals surface area contributed by atoms with Crippen LogP contribution in [-0.4, -0.2) is 46.6 Å². The molecule has 1 aliphatic heterocycles. The molecule has 1 amide bonds. The molecular formula is C22H26N4O2. The number of carbonyl (C=O) groups excluding carboxylic acids is 1. The van der Waals surface area contributed by atoms with Gasteiger partial charge in [0.2, 0.25) is 0 Å². The monoisotopic (exact) mass is 378 g/mol. The van der Waals surface area contributed by atoms with Crippen molar-refractivity contribution in [3.05, 3.63) is 47.2 Å². The first-order valence-corrected chi connectivity index (χ1v) is 9.94. The first-order chi connectivity index (χ1) is 13.6. The first-order valence-electron chi connectivity index (χ1n) is 9.94. The number of aryl methyl sites for hydroxylation is 2. The molecule has 1 aliphatic rings. The molecule has 6 nitrogen and oxygen atoms in total. The summed E-state index contributed by atoms with van der Waals surface area (Å²) in [5.41, 5.74) is 4.61. The molecule has 2 aromatic heterocycles. The quantitative estimate of drug-likeness (QED) is 0.733. The van der Waals surface area contributed by atoms with Crippen molar-refractivity contribution in [1.29, 1.82) is 0 Å². The molecule has 0 bridgehead atoms. The predicted octanol–water partition coefficient (Wildman–Crippen LogP) is 3.72. The third kappa shape index (κ3) is 3.40. The van der Waals surface area contributed by atoms with Crippen molar-refractivity contribution >= 4 is 17.0 Å². The summed E-state index contributed by atoms with van der Waals surface area (Å²) >= 11 is 0. The van der Waals surface area contributed by atoms with Gasteiger partial charge < -0.3 is 14.7 Å². The second-order valence-electron chi connectivity index (χ2n) is 7.51. The molecule has 3 aromatic rings. The van der Waals surface area contributed by atoms with E-state index >= 15 is 0 Å². The molecule has 4 rings (SSSR count). The van der Waals surface area contributed by atoms with Gasteiger partial charge in [0.15, 0.2) is 0 Å². The van der Waals surface area contributed by atoms with Crippen LogP contribution in [0.3, 0.4) is 0 Å². The number of amides is 1. The zero-order valence-electron chi connectivity index (χ0n) is 16.7. The van der Waals surface area contributed by atoms with E-state index in [0.29, 0.717) is 22.4 Å². The van der Waals surface area contributed by atoms with Gasteiger partial charge in [-0.3, -0.25) is 4.79 Å². The molecule has 28 heavy (non-hydrogen) atoms. The fourth-order valence-corrected chi connectivity index (χ4v) is 3.89. The average Bonchev–Trinajstić information content (AvgIpc) is 3.36. The minimum atomic E-state index is 0.0302. The summed E-state index contributed by atoms with van der Waals surface area (Å²) in [5.74, 6) is 0.0302. The molecule has 0 radical (unpaired) electrons. The summed E-state index contributed by atoms with van der Waals surface area (Å²) in [5, 5.41) is 8.15. The number of pyridine rings is 1. The molecule has 1 fully saturated rings. The minimum Gasteiger partial charge on any atom is -0.335 e. The Balaban J connectivity index is 1.82. The van der Waals surface area contributed by atoms with E-state index in [1.165, 1.54) is 5.56 Å². The number of fused-ring (bicyclic) bond motifs is 1. The van der Waals surface area contributed by atoms with E-state index in [9.17, 15) is 4.79 Å². The summed E-state index contributed by atoms with van der Waals surface area (Å²) in [6.07, 6.45) is 1.90. The Bertz CT molecular complexity index is 988. The topological polar surface area (TPSA) is 71.3 Å². The molecular weight excluding hydrogens is 352 g/mol. The highest BCUT2D eigenvalue weighted by molar-refractivity contribution is 6.07. The van der Waals surface area contributed by atoms with E-state index in [4.69, 9.17) is 4.52 Å². The number of aromatic nitrogens is 2. The van der Waals surface area contributed by atoms with Crippen LogP contribution < -0.4 is 5.32 Å². The van der Waals surface area contributed by atoms with Crippen LogP contribution in [-0.2, 0) is 0 Å². The normalized spacial score (nSPS) is 16.6. The molecule has 1 unspecified atom stereocenters. The Hall–Kier alpha value is -2.73. The van der Waals surface area contributed by atoms with Crippen molar-refractivity contribution in [3.8, 4) is 11.3 Å². The highest BCUT2D eigenvalue weighted by Gasteiger charge is 2.29. The number of nitrogens with zero attached hydrogens (tertiary/aromatic N) is 3. The standard InChI is InChI=1S/C22H26N4O2/c1-4-11-26(17-9-10-23-13-17)22(27)18-12-19(16-7-5-14(2)6-8-16)24-21-20(18)15(3)25-28-21/h5-8,12,17,23H,4,9-11,13H2,1-3H3. The van der Waals surface area contributed by atoms with Crippen LogP contribution in [0.4, 0.5) is 0 Å². The highest BCUT2D eigenvalue weighted by Crippen LogP contribution is 2.29. The fourth-order valence-electron chi connectivity index (χ4n) is 3.89. The first kappa shape index (κ1) is 18.6. The lowest BCUT2D eigenvalue weighted by Crippen LogP contribution is -2.42. The number of carbonyl (C=O) groups is 1. The summed E-state index contributed by atoms with van der Waals surface area (Å²) in [6.45, 7) is 8.54. The smallest absolute Gasteiger partial charge is 0.259 e. The molecule has 1 aromatic carbocycles. The van der Waals surface area contributed by atoms with Crippen LogP contribution in [0.25, 0.3) is 22.4 Å². The van der Waals surface area contributed by atoms with E-state index < -0.39 is 0 Å². The molecule has 3 heterocycles. The summed E-state index contributed by atoms with van der Waals surface area (Å²) in [7, 11) is 0. The van der Waals surface area contributed by atoms with Crippen LogP contribution in [0.15, 0.2) is 34.9 Å². The van der Waals surface area contributed by atoms with Crippen LogP contribution in [0.2, 0.25) is 0 Å². The second-order valence-corrected chi connectivity index (χ2v) is 7.51. The van der Waals surface area contributed by atoms with Crippen molar-refractivity contribution < 1.29 is 9.32 Å². The van der Waals surface area contributed by atoms with Gasteiger partial charge in [-0.05, 0) is 39.3 Å². The van der Waals surface area contributed by atoms with Gasteiger partial charge in [-0.1, -0.05) is 41.9 Å². The van der Waals surface area contributed by atoms with Crippen LogP contribution >= 0.6 is 0 Å². The molecule has 1 N–H and O–H groups in total. The van der Waals surface area contributed by atoms with Gasteiger partial charge in [0, 0.05) is 24.7 Å². The van der Waals surface area contributed by atoms with Gasteiger partial charge in [-0.15, -0.1) is 0 Å². The van der Waals surface area contributed by atoms with E-state index in [2.05, 4.69) is 22.4 Å². The molecule has 6 heteroatoms. The third-order valence-electron chi connectivity index (χ3n) is 5.40. The van der Waals surface area contributed by atoms with E-state index in [-0.39, 0.29) is 11.9 Å².